The van der Waals surface area contributed by atoms with E-state index in [2.05, 4.69) is 65.5 Å². The first-order valence-corrected chi connectivity index (χ1v) is 8.08. The molecule has 1 aromatic rings. The predicted molar refractivity (Wildman–Crippen MR) is 91.5 cm³/mol. The van der Waals surface area contributed by atoms with Crippen molar-refractivity contribution in [3.05, 3.63) is 41.5 Å². The second-order valence-corrected chi connectivity index (χ2v) is 6.08. The van der Waals surface area contributed by atoms with Gasteiger partial charge in [-0.25, -0.2) is 0 Å². The molecule has 1 N–H and O–H groups in total. The van der Waals surface area contributed by atoms with Gasteiger partial charge in [0, 0.05) is 32.7 Å². The molecule has 0 spiro atoms. The van der Waals surface area contributed by atoms with Crippen molar-refractivity contribution < 1.29 is 0 Å². The van der Waals surface area contributed by atoms with Crippen LogP contribution in [0, 0.1) is 0 Å². The fourth-order valence-corrected chi connectivity index (χ4v) is 2.67. The molecule has 116 valence electrons. The second kappa shape index (κ2) is 8.98. The van der Waals surface area contributed by atoms with Gasteiger partial charge in [0.1, 0.15) is 0 Å². The first-order chi connectivity index (χ1) is 10.2. The van der Waals surface area contributed by atoms with Crippen molar-refractivity contribution in [2.45, 2.75) is 13.3 Å². The molecule has 0 bridgehead atoms. The quantitative estimate of drug-likeness (QED) is 0.777. The Balaban J connectivity index is 1.56. The maximum absolute atomic E-state index is 3.55. The Hall–Kier alpha value is -1.16. The fourth-order valence-electron chi connectivity index (χ4n) is 2.67. The lowest BCUT2D eigenvalue weighted by atomic mass is 10.1. The third-order valence-corrected chi connectivity index (χ3v) is 4.04. The van der Waals surface area contributed by atoms with Crippen LogP contribution in [0.25, 0.3) is 6.08 Å². The summed E-state index contributed by atoms with van der Waals surface area (Å²) in [5.74, 6) is 0. The zero-order valence-electron chi connectivity index (χ0n) is 13.5. The van der Waals surface area contributed by atoms with E-state index in [1.807, 2.05) is 0 Å². The summed E-state index contributed by atoms with van der Waals surface area (Å²) in [6.07, 6.45) is 3.50. The summed E-state index contributed by atoms with van der Waals surface area (Å²) < 4.78 is 0. The van der Waals surface area contributed by atoms with Crippen molar-refractivity contribution >= 4 is 6.08 Å². The van der Waals surface area contributed by atoms with Crippen LogP contribution in [0.15, 0.2) is 35.9 Å². The van der Waals surface area contributed by atoms with Crippen molar-refractivity contribution in [2.24, 2.45) is 0 Å². The van der Waals surface area contributed by atoms with Gasteiger partial charge in [0.05, 0.1) is 0 Å². The van der Waals surface area contributed by atoms with Crippen LogP contribution in [-0.2, 0) is 0 Å². The van der Waals surface area contributed by atoms with Gasteiger partial charge < -0.3 is 15.1 Å². The maximum atomic E-state index is 3.55. The average molecular weight is 287 g/mol. The normalized spacial score (nSPS) is 18.1. The highest BCUT2D eigenvalue weighted by Gasteiger charge is 2.12. The minimum absolute atomic E-state index is 0.984. The maximum Gasteiger partial charge on any atom is 0.0165 e. The van der Waals surface area contributed by atoms with E-state index in [1.54, 1.807) is 0 Å². The molecular formula is C18H29N3. The SMILES string of the molecule is C/C(=C\c1ccccc1)CNCCCN1CCN(C)CC1. The molecule has 3 nitrogen and oxygen atoms in total. The Morgan fingerprint density at radius 1 is 1.14 bits per heavy atom. The first kappa shape index (κ1) is 16.2. The van der Waals surface area contributed by atoms with E-state index in [4.69, 9.17) is 0 Å². The highest BCUT2D eigenvalue weighted by atomic mass is 15.2. The van der Waals surface area contributed by atoms with Crippen LogP contribution in [0.5, 0.6) is 0 Å². The van der Waals surface area contributed by atoms with E-state index in [9.17, 15) is 0 Å². The van der Waals surface area contributed by atoms with Gasteiger partial charge in [-0.2, -0.15) is 0 Å². The van der Waals surface area contributed by atoms with Gasteiger partial charge >= 0.3 is 0 Å². The number of nitrogens with one attached hydrogen (secondary N) is 1. The summed E-state index contributed by atoms with van der Waals surface area (Å²) in [6.45, 7) is 10.4. The number of hydrogen-bond donors (Lipinski definition) is 1. The van der Waals surface area contributed by atoms with Gasteiger partial charge in [-0.05, 0) is 39.0 Å². The van der Waals surface area contributed by atoms with Crippen LogP contribution in [0.4, 0.5) is 0 Å². The number of likely N-dealkylation sites (N-methyl/N-ethyl adjacent to an activating group) is 1. The average Bonchev–Trinajstić information content (AvgIpc) is 2.50. The molecule has 0 saturated carbocycles. The van der Waals surface area contributed by atoms with Crippen LogP contribution >= 0.6 is 0 Å². The molecule has 2 rings (SSSR count). The molecule has 0 unspecified atom stereocenters. The molecule has 0 aliphatic carbocycles. The Morgan fingerprint density at radius 3 is 2.57 bits per heavy atom. The molecule has 0 aromatic heterocycles. The zero-order valence-corrected chi connectivity index (χ0v) is 13.5. The van der Waals surface area contributed by atoms with Gasteiger partial charge in [0.2, 0.25) is 0 Å². The van der Waals surface area contributed by atoms with Crippen LogP contribution in [0.2, 0.25) is 0 Å². The Bertz CT molecular complexity index is 419. The molecule has 1 aliphatic heterocycles. The van der Waals surface area contributed by atoms with Crippen molar-refractivity contribution in [2.75, 3.05) is 52.9 Å². The summed E-state index contributed by atoms with van der Waals surface area (Å²) in [6, 6.07) is 10.5. The molecule has 0 atom stereocenters. The summed E-state index contributed by atoms with van der Waals surface area (Å²) in [7, 11) is 2.21. The van der Waals surface area contributed by atoms with Gasteiger partial charge in [-0.1, -0.05) is 42.0 Å². The highest BCUT2D eigenvalue weighted by molar-refractivity contribution is 5.52. The third kappa shape index (κ3) is 6.42. The number of hydrogen-bond acceptors (Lipinski definition) is 3. The second-order valence-electron chi connectivity index (χ2n) is 6.08. The molecular weight excluding hydrogens is 258 g/mol. The number of piperazine rings is 1. The van der Waals surface area contributed by atoms with E-state index in [0.29, 0.717) is 0 Å². The van der Waals surface area contributed by atoms with Gasteiger partial charge in [-0.3, -0.25) is 0 Å². The van der Waals surface area contributed by atoms with E-state index >= 15 is 0 Å². The van der Waals surface area contributed by atoms with E-state index < -0.39 is 0 Å². The Kier molecular flexibility index (Phi) is 6.93. The van der Waals surface area contributed by atoms with Crippen molar-refractivity contribution in [3.8, 4) is 0 Å². The van der Waals surface area contributed by atoms with Crippen LogP contribution in [-0.4, -0.2) is 62.7 Å². The van der Waals surface area contributed by atoms with Gasteiger partial charge in [-0.15, -0.1) is 0 Å². The third-order valence-electron chi connectivity index (χ3n) is 4.04. The topological polar surface area (TPSA) is 18.5 Å². The number of rotatable bonds is 7. The molecule has 1 aromatic carbocycles. The predicted octanol–water partition coefficient (Wildman–Crippen LogP) is 2.32. The van der Waals surface area contributed by atoms with Crippen molar-refractivity contribution in [1.29, 1.82) is 0 Å². The minimum Gasteiger partial charge on any atom is -0.313 e. The molecule has 1 heterocycles. The largest absolute Gasteiger partial charge is 0.313 e. The molecule has 21 heavy (non-hydrogen) atoms. The van der Waals surface area contributed by atoms with E-state index in [1.165, 1.54) is 50.3 Å². The standard InChI is InChI=1S/C18H29N3/c1-17(15-18-7-4-3-5-8-18)16-19-9-6-10-21-13-11-20(2)12-14-21/h3-5,7-8,15,19H,6,9-14,16H2,1-2H3/b17-15+. The lowest BCUT2D eigenvalue weighted by Crippen LogP contribution is -2.45. The summed E-state index contributed by atoms with van der Waals surface area (Å²) in [5.41, 5.74) is 2.68. The molecule has 0 radical (unpaired) electrons. The molecule has 1 saturated heterocycles. The lowest BCUT2D eigenvalue weighted by Gasteiger charge is -2.32. The summed E-state index contributed by atoms with van der Waals surface area (Å²) in [4.78, 5) is 4.99. The Labute approximate surface area is 129 Å². The Morgan fingerprint density at radius 2 is 1.86 bits per heavy atom. The van der Waals surface area contributed by atoms with Crippen LogP contribution < -0.4 is 5.32 Å². The first-order valence-electron chi connectivity index (χ1n) is 8.08. The number of nitrogens with zero attached hydrogens (tertiary/aromatic N) is 2. The molecule has 1 fully saturated rings. The van der Waals surface area contributed by atoms with Crippen LogP contribution in [0.1, 0.15) is 18.9 Å². The van der Waals surface area contributed by atoms with Crippen molar-refractivity contribution in [3.63, 3.8) is 0 Å². The summed E-state index contributed by atoms with van der Waals surface area (Å²) >= 11 is 0. The van der Waals surface area contributed by atoms with Crippen LogP contribution in [0.3, 0.4) is 0 Å². The number of benzene rings is 1. The summed E-state index contributed by atoms with van der Waals surface area (Å²) in [5, 5.41) is 3.55. The smallest absolute Gasteiger partial charge is 0.0165 e. The van der Waals surface area contributed by atoms with Gasteiger partial charge in [0.25, 0.3) is 0 Å². The minimum atomic E-state index is 0.984. The fraction of sp³-hybridized carbons (Fsp3) is 0.556. The monoisotopic (exact) mass is 287 g/mol. The highest BCUT2D eigenvalue weighted by Crippen LogP contribution is 2.05. The van der Waals surface area contributed by atoms with Crippen molar-refractivity contribution in [1.82, 2.24) is 15.1 Å². The lowest BCUT2D eigenvalue weighted by molar-refractivity contribution is 0.153. The zero-order chi connectivity index (χ0) is 14.9. The van der Waals surface area contributed by atoms with Gasteiger partial charge in [0.15, 0.2) is 0 Å². The van der Waals surface area contributed by atoms with E-state index in [0.717, 1.165) is 13.1 Å². The molecule has 0 amide bonds. The molecule has 1 aliphatic rings. The van der Waals surface area contributed by atoms with E-state index in [-0.39, 0.29) is 0 Å². The molecule has 3 heteroatoms.